The van der Waals surface area contributed by atoms with Gasteiger partial charge in [-0.2, -0.15) is 0 Å². The van der Waals surface area contributed by atoms with E-state index < -0.39 is 11.5 Å². The molecule has 0 bridgehead atoms. The summed E-state index contributed by atoms with van der Waals surface area (Å²) in [6.45, 7) is 10.1. The highest BCUT2D eigenvalue weighted by Gasteiger charge is 2.32. The lowest BCUT2D eigenvalue weighted by atomic mass is 9.94. The number of rotatable bonds is 10. The van der Waals surface area contributed by atoms with Gasteiger partial charge in [-0.3, -0.25) is 10.1 Å². The zero-order chi connectivity index (χ0) is 14.2. The Morgan fingerprint density at radius 3 is 2.39 bits per heavy atom. The SMILES string of the molecule is CCCN(C)CCCCC(C)(NC(C)C)C(=O)O. The topological polar surface area (TPSA) is 52.6 Å². The molecule has 0 radical (unpaired) electrons. The normalized spacial score (nSPS) is 15.1. The van der Waals surface area contributed by atoms with Crippen molar-refractivity contribution in [3.63, 3.8) is 0 Å². The predicted molar refractivity (Wildman–Crippen MR) is 76.0 cm³/mol. The van der Waals surface area contributed by atoms with Crippen molar-refractivity contribution in [1.29, 1.82) is 0 Å². The van der Waals surface area contributed by atoms with Crippen LogP contribution in [-0.4, -0.2) is 47.7 Å². The first-order valence-corrected chi connectivity index (χ1v) is 7.01. The van der Waals surface area contributed by atoms with Crippen LogP contribution in [0.4, 0.5) is 0 Å². The van der Waals surface area contributed by atoms with Gasteiger partial charge in [-0.25, -0.2) is 0 Å². The Hall–Kier alpha value is -0.610. The lowest BCUT2D eigenvalue weighted by molar-refractivity contribution is -0.144. The van der Waals surface area contributed by atoms with Gasteiger partial charge >= 0.3 is 5.97 Å². The molecule has 0 fully saturated rings. The van der Waals surface area contributed by atoms with Crippen LogP contribution in [0.5, 0.6) is 0 Å². The van der Waals surface area contributed by atoms with Gasteiger partial charge in [0.25, 0.3) is 0 Å². The number of hydrogen-bond donors (Lipinski definition) is 2. The predicted octanol–water partition coefficient (Wildman–Crippen LogP) is 2.34. The molecule has 0 saturated carbocycles. The number of nitrogens with zero attached hydrogens (tertiary/aromatic N) is 1. The highest BCUT2D eigenvalue weighted by atomic mass is 16.4. The van der Waals surface area contributed by atoms with E-state index in [1.54, 1.807) is 6.92 Å². The molecule has 1 unspecified atom stereocenters. The maximum atomic E-state index is 11.3. The van der Waals surface area contributed by atoms with Gasteiger partial charge in [0.2, 0.25) is 0 Å². The minimum Gasteiger partial charge on any atom is -0.480 e. The second kappa shape index (κ2) is 8.48. The van der Waals surface area contributed by atoms with Crippen LogP contribution >= 0.6 is 0 Å². The third-order valence-corrected chi connectivity index (χ3v) is 3.15. The summed E-state index contributed by atoms with van der Waals surface area (Å²) < 4.78 is 0. The number of carboxylic acids is 1. The first kappa shape index (κ1) is 17.4. The van der Waals surface area contributed by atoms with E-state index in [0.717, 1.165) is 32.4 Å². The maximum absolute atomic E-state index is 11.3. The van der Waals surface area contributed by atoms with Crippen LogP contribution in [-0.2, 0) is 4.79 Å². The Bertz CT molecular complexity index is 244. The highest BCUT2D eigenvalue weighted by Crippen LogP contribution is 2.15. The molecule has 18 heavy (non-hydrogen) atoms. The molecule has 2 N–H and O–H groups in total. The average Bonchev–Trinajstić information content (AvgIpc) is 2.23. The number of aliphatic carboxylic acids is 1. The molecular formula is C14H30N2O2. The van der Waals surface area contributed by atoms with Crippen LogP contribution in [0.2, 0.25) is 0 Å². The fraction of sp³-hybridized carbons (Fsp3) is 0.929. The molecule has 0 aliphatic carbocycles. The first-order chi connectivity index (χ1) is 8.31. The Morgan fingerprint density at radius 2 is 1.94 bits per heavy atom. The minimum atomic E-state index is -0.794. The zero-order valence-corrected chi connectivity index (χ0v) is 12.6. The van der Waals surface area contributed by atoms with E-state index >= 15 is 0 Å². The number of unbranched alkanes of at least 4 members (excludes halogenated alkanes) is 1. The first-order valence-electron chi connectivity index (χ1n) is 7.01. The molecule has 0 aromatic carbocycles. The fourth-order valence-corrected chi connectivity index (χ4v) is 2.23. The Kier molecular flexibility index (Phi) is 8.20. The minimum absolute atomic E-state index is 0.189. The van der Waals surface area contributed by atoms with Crippen LogP contribution in [0.25, 0.3) is 0 Å². The zero-order valence-electron chi connectivity index (χ0n) is 12.6. The summed E-state index contributed by atoms with van der Waals surface area (Å²) in [7, 11) is 2.12. The lowest BCUT2D eigenvalue weighted by Crippen LogP contribution is -2.52. The second-order valence-electron chi connectivity index (χ2n) is 5.70. The summed E-state index contributed by atoms with van der Waals surface area (Å²) in [5.74, 6) is -0.752. The molecule has 0 aliphatic heterocycles. The van der Waals surface area contributed by atoms with Crippen LogP contribution in [0.3, 0.4) is 0 Å². The van der Waals surface area contributed by atoms with Crippen molar-refractivity contribution in [3.8, 4) is 0 Å². The maximum Gasteiger partial charge on any atom is 0.323 e. The molecule has 0 aliphatic rings. The standard InChI is InChI=1S/C14H30N2O2/c1-6-10-16(5)11-8-7-9-14(4,13(17)18)15-12(2)3/h12,15H,6-11H2,1-5H3,(H,17,18). The largest absolute Gasteiger partial charge is 0.480 e. The van der Waals surface area contributed by atoms with E-state index in [0.29, 0.717) is 6.42 Å². The summed E-state index contributed by atoms with van der Waals surface area (Å²) in [6, 6.07) is 0.189. The van der Waals surface area contributed by atoms with Gasteiger partial charge in [0.15, 0.2) is 0 Å². The third kappa shape index (κ3) is 6.97. The molecule has 108 valence electrons. The summed E-state index contributed by atoms with van der Waals surface area (Å²) in [4.78, 5) is 13.6. The molecule has 0 aromatic heterocycles. The second-order valence-corrected chi connectivity index (χ2v) is 5.70. The van der Waals surface area contributed by atoms with E-state index in [-0.39, 0.29) is 6.04 Å². The van der Waals surface area contributed by atoms with Gasteiger partial charge in [0, 0.05) is 6.04 Å². The number of carbonyl (C=O) groups is 1. The Labute approximate surface area is 112 Å². The quantitative estimate of drug-likeness (QED) is 0.591. The molecule has 1 atom stereocenters. The highest BCUT2D eigenvalue weighted by molar-refractivity contribution is 5.78. The van der Waals surface area contributed by atoms with Crippen molar-refractivity contribution < 1.29 is 9.90 Å². The summed E-state index contributed by atoms with van der Waals surface area (Å²) in [5, 5.41) is 12.5. The molecule has 4 heteroatoms. The number of carboxylic acid groups (broad SMARTS) is 1. The molecule has 0 amide bonds. The molecule has 0 rings (SSSR count). The van der Waals surface area contributed by atoms with E-state index in [2.05, 4.69) is 24.2 Å². The van der Waals surface area contributed by atoms with Crippen LogP contribution in [0.15, 0.2) is 0 Å². The fourth-order valence-electron chi connectivity index (χ4n) is 2.23. The molecular weight excluding hydrogens is 228 g/mol. The van der Waals surface area contributed by atoms with E-state index in [1.165, 1.54) is 0 Å². The molecule has 4 nitrogen and oxygen atoms in total. The van der Waals surface area contributed by atoms with Gasteiger partial charge < -0.3 is 10.0 Å². The van der Waals surface area contributed by atoms with Gasteiger partial charge in [-0.15, -0.1) is 0 Å². The van der Waals surface area contributed by atoms with Crippen molar-refractivity contribution in [2.75, 3.05) is 20.1 Å². The molecule has 0 saturated heterocycles. The third-order valence-electron chi connectivity index (χ3n) is 3.15. The average molecular weight is 258 g/mol. The molecule has 0 spiro atoms. The molecule has 0 heterocycles. The summed E-state index contributed by atoms with van der Waals surface area (Å²) in [5.41, 5.74) is -0.794. The van der Waals surface area contributed by atoms with Crippen LogP contribution in [0, 0.1) is 0 Å². The van der Waals surface area contributed by atoms with Crippen molar-refractivity contribution in [2.24, 2.45) is 0 Å². The van der Waals surface area contributed by atoms with Crippen LogP contribution in [0.1, 0.15) is 53.4 Å². The van der Waals surface area contributed by atoms with Gasteiger partial charge in [0.05, 0.1) is 0 Å². The number of nitrogens with one attached hydrogen (secondary N) is 1. The van der Waals surface area contributed by atoms with Crippen molar-refractivity contribution in [3.05, 3.63) is 0 Å². The Morgan fingerprint density at radius 1 is 1.33 bits per heavy atom. The van der Waals surface area contributed by atoms with Crippen molar-refractivity contribution in [2.45, 2.75) is 65.0 Å². The van der Waals surface area contributed by atoms with Crippen molar-refractivity contribution in [1.82, 2.24) is 10.2 Å². The van der Waals surface area contributed by atoms with Gasteiger partial charge in [0.1, 0.15) is 5.54 Å². The van der Waals surface area contributed by atoms with E-state index in [1.807, 2.05) is 13.8 Å². The lowest BCUT2D eigenvalue weighted by Gasteiger charge is -2.29. The number of hydrogen-bond acceptors (Lipinski definition) is 3. The summed E-state index contributed by atoms with van der Waals surface area (Å²) in [6.07, 6.45) is 3.84. The van der Waals surface area contributed by atoms with Crippen LogP contribution < -0.4 is 5.32 Å². The monoisotopic (exact) mass is 258 g/mol. The van der Waals surface area contributed by atoms with E-state index in [9.17, 15) is 9.90 Å². The molecule has 0 aromatic rings. The smallest absolute Gasteiger partial charge is 0.323 e. The van der Waals surface area contributed by atoms with Gasteiger partial charge in [-0.1, -0.05) is 6.92 Å². The summed E-state index contributed by atoms with van der Waals surface area (Å²) >= 11 is 0. The van der Waals surface area contributed by atoms with Gasteiger partial charge in [-0.05, 0) is 66.6 Å². The van der Waals surface area contributed by atoms with E-state index in [4.69, 9.17) is 0 Å². The van der Waals surface area contributed by atoms with Crippen molar-refractivity contribution >= 4 is 5.97 Å². The Balaban J connectivity index is 4.02.